The zero-order valence-corrected chi connectivity index (χ0v) is 17.1. The molecule has 0 saturated carbocycles. The summed E-state index contributed by atoms with van der Waals surface area (Å²) in [5, 5.41) is 3.59. The lowest BCUT2D eigenvalue weighted by Gasteiger charge is -2.23. The van der Waals surface area contributed by atoms with Crippen molar-refractivity contribution >= 4 is 40.5 Å². The van der Waals surface area contributed by atoms with Gasteiger partial charge < -0.3 is 19.9 Å². The van der Waals surface area contributed by atoms with Gasteiger partial charge in [-0.05, 0) is 43.2 Å². The molecular formula is C22H24ClN3O3. The maximum atomic E-state index is 13.0. The average molecular weight is 414 g/mol. The van der Waals surface area contributed by atoms with Crippen LogP contribution in [0.5, 0.6) is 5.75 Å². The summed E-state index contributed by atoms with van der Waals surface area (Å²) < 4.78 is 5.37. The molecule has 2 heterocycles. The van der Waals surface area contributed by atoms with Gasteiger partial charge in [-0.3, -0.25) is 9.59 Å². The van der Waals surface area contributed by atoms with Gasteiger partial charge in [0, 0.05) is 31.1 Å². The molecule has 4 rings (SSSR count). The monoisotopic (exact) mass is 413 g/mol. The van der Waals surface area contributed by atoms with Gasteiger partial charge in [-0.1, -0.05) is 23.7 Å². The summed E-state index contributed by atoms with van der Waals surface area (Å²) in [6.45, 7) is 2.26. The third-order valence-corrected chi connectivity index (χ3v) is 5.77. The highest BCUT2D eigenvalue weighted by Gasteiger charge is 2.36. The number of nitrogens with zero attached hydrogens (tertiary/aromatic N) is 2. The Balaban J connectivity index is 1.51. The predicted molar refractivity (Wildman–Crippen MR) is 115 cm³/mol. The van der Waals surface area contributed by atoms with E-state index in [0.29, 0.717) is 28.7 Å². The van der Waals surface area contributed by atoms with Crippen LogP contribution in [0.1, 0.15) is 19.3 Å². The van der Waals surface area contributed by atoms with Gasteiger partial charge in [-0.2, -0.15) is 0 Å². The van der Waals surface area contributed by atoms with Gasteiger partial charge in [-0.25, -0.2) is 0 Å². The lowest BCUT2D eigenvalue weighted by molar-refractivity contribution is -0.122. The highest BCUT2D eigenvalue weighted by molar-refractivity contribution is 6.31. The zero-order valence-electron chi connectivity index (χ0n) is 16.4. The fraction of sp³-hybridized carbons (Fsp3) is 0.364. The number of hydrogen-bond acceptors (Lipinski definition) is 4. The van der Waals surface area contributed by atoms with Crippen molar-refractivity contribution in [3.05, 3.63) is 47.5 Å². The van der Waals surface area contributed by atoms with Crippen molar-refractivity contribution in [1.82, 2.24) is 0 Å². The van der Waals surface area contributed by atoms with Crippen molar-refractivity contribution in [2.24, 2.45) is 5.92 Å². The second-order valence-electron chi connectivity index (χ2n) is 7.42. The molecule has 2 saturated heterocycles. The number of rotatable bonds is 5. The number of anilines is 3. The van der Waals surface area contributed by atoms with Crippen LogP contribution in [0.4, 0.5) is 17.1 Å². The Labute approximate surface area is 175 Å². The number of carbonyl (C=O) groups excluding carboxylic acids is 2. The van der Waals surface area contributed by atoms with Crippen molar-refractivity contribution in [2.45, 2.75) is 19.3 Å². The first-order chi connectivity index (χ1) is 14.1. The molecule has 2 aliphatic rings. The highest BCUT2D eigenvalue weighted by atomic mass is 35.5. The molecule has 1 N–H and O–H groups in total. The zero-order chi connectivity index (χ0) is 20.4. The van der Waals surface area contributed by atoms with E-state index in [9.17, 15) is 9.59 Å². The topological polar surface area (TPSA) is 61.9 Å². The molecule has 1 unspecified atom stereocenters. The number of amides is 2. The third-order valence-electron chi connectivity index (χ3n) is 5.54. The number of carbonyl (C=O) groups is 2. The lowest BCUT2D eigenvalue weighted by atomic mass is 10.1. The SMILES string of the molecule is COc1ccccc1N1CC(C(=O)Nc2cc(Cl)ccc2N2CCCC2)CC1=O. The molecule has 0 aliphatic carbocycles. The second-order valence-corrected chi connectivity index (χ2v) is 7.86. The summed E-state index contributed by atoms with van der Waals surface area (Å²) in [7, 11) is 1.57. The Bertz CT molecular complexity index is 927. The summed E-state index contributed by atoms with van der Waals surface area (Å²) in [6.07, 6.45) is 2.45. The molecule has 0 radical (unpaired) electrons. The van der Waals surface area contributed by atoms with Gasteiger partial charge in [0.2, 0.25) is 11.8 Å². The van der Waals surface area contributed by atoms with Gasteiger partial charge in [0.15, 0.2) is 0 Å². The van der Waals surface area contributed by atoms with Gasteiger partial charge in [0.1, 0.15) is 5.75 Å². The number of methoxy groups -OCH3 is 1. The largest absolute Gasteiger partial charge is 0.495 e. The van der Waals surface area contributed by atoms with Crippen LogP contribution in [0.2, 0.25) is 5.02 Å². The Morgan fingerprint density at radius 3 is 2.66 bits per heavy atom. The third kappa shape index (κ3) is 4.03. The molecule has 7 heteroatoms. The molecule has 0 aromatic heterocycles. The predicted octanol–water partition coefficient (Wildman–Crippen LogP) is 3.94. The molecule has 6 nitrogen and oxygen atoms in total. The van der Waals surface area contributed by atoms with E-state index in [2.05, 4.69) is 10.2 Å². The van der Waals surface area contributed by atoms with E-state index in [4.69, 9.17) is 16.3 Å². The van der Waals surface area contributed by atoms with Crippen molar-refractivity contribution in [2.75, 3.05) is 41.9 Å². The van der Waals surface area contributed by atoms with E-state index in [1.54, 1.807) is 18.1 Å². The summed E-state index contributed by atoms with van der Waals surface area (Å²) >= 11 is 6.18. The molecule has 2 amide bonds. The van der Waals surface area contributed by atoms with Crippen LogP contribution >= 0.6 is 11.6 Å². The minimum Gasteiger partial charge on any atom is -0.495 e. The van der Waals surface area contributed by atoms with Crippen molar-refractivity contribution < 1.29 is 14.3 Å². The standard InChI is InChI=1S/C22H24ClN3O3/c1-29-20-7-3-2-6-19(20)26-14-15(12-21(26)27)22(28)24-17-13-16(23)8-9-18(17)25-10-4-5-11-25/h2-3,6-9,13,15H,4-5,10-12,14H2,1H3,(H,24,28). The van der Waals surface area contributed by atoms with E-state index in [1.165, 1.54) is 0 Å². The normalized spacial score (nSPS) is 19.0. The number of nitrogens with one attached hydrogen (secondary N) is 1. The smallest absolute Gasteiger partial charge is 0.229 e. The molecule has 152 valence electrons. The van der Waals surface area contributed by atoms with Gasteiger partial charge in [0.25, 0.3) is 0 Å². The number of ether oxygens (including phenoxy) is 1. The Hall–Kier alpha value is -2.73. The summed E-state index contributed by atoms with van der Waals surface area (Å²) in [6, 6.07) is 12.9. The first-order valence-electron chi connectivity index (χ1n) is 9.85. The molecule has 2 aromatic rings. The Kier molecular flexibility index (Phi) is 5.62. The average Bonchev–Trinajstić information content (AvgIpc) is 3.38. The van der Waals surface area contributed by atoms with Crippen LogP contribution in [0.15, 0.2) is 42.5 Å². The summed E-state index contributed by atoms with van der Waals surface area (Å²) in [4.78, 5) is 29.5. The first-order valence-corrected chi connectivity index (χ1v) is 10.2. The molecule has 2 aromatic carbocycles. The van der Waals surface area contributed by atoms with Crippen LogP contribution in [0, 0.1) is 5.92 Å². The van der Waals surface area contributed by atoms with E-state index >= 15 is 0 Å². The molecule has 0 spiro atoms. The highest BCUT2D eigenvalue weighted by Crippen LogP contribution is 2.35. The molecule has 2 fully saturated rings. The van der Waals surface area contributed by atoms with Crippen molar-refractivity contribution in [1.29, 1.82) is 0 Å². The van der Waals surface area contributed by atoms with Crippen molar-refractivity contribution in [3.8, 4) is 5.75 Å². The number of hydrogen-bond donors (Lipinski definition) is 1. The Morgan fingerprint density at radius 1 is 1.14 bits per heavy atom. The summed E-state index contributed by atoms with van der Waals surface area (Å²) in [5.74, 6) is -0.0649. The molecule has 0 bridgehead atoms. The van der Waals surface area contributed by atoms with E-state index < -0.39 is 5.92 Å². The minimum absolute atomic E-state index is 0.0829. The van der Waals surface area contributed by atoms with Crippen LogP contribution in [-0.4, -0.2) is 38.6 Å². The fourth-order valence-corrected chi connectivity index (χ4v) is 4.22. The van der Waals surface area contributed by atoms with Gasteiger partial charge >= 0.3 is 0 Å². The van der Waals surface area contributed by atoms with Gasteiger partial charge in [0.05, 0.1) is 30.1 Å². The molecular weight excluding hydrogens is 390 g/mol. The van der Waals surface area contributed by atoms with E-state index in [0.717, 1.165) is 31.6 Å². The van der Waals surface area contributed by atoms with Gasteiger partial charge in [-0.15, -0.1) is 0 Å². The number of benzene rings is 2. The molecule has 1 atom stereocenters. The van der Waals surface area contributed by atoms with Crippen LogP contribution in [0.25, 0.3) is 0 Å². The van der Waals surface area contributed by atoms with Crippen LogP contribution < -0.4 is 19.9 Å². The second kappa shape index (κ2) is 8.33. The Morgan fingerprint density at radius 2 is 1.90 bits per heavy atom. The van der Waals surface area contributed by atoms with E-state index in [-0.39, 0.29) is 18.2 Å². The maximum absolute atomic E-state index is 13.0. The molecule has 2 aliphatic heterocycles. The maximum Gasteiger partial charge on any atom is 0.229 e. The first kappa shape index (κ1) is 19.6. The molecule has 29 heavy (non-hydrogen) atoms. The quantitative estimate of drug-likeness (QED) is 0.806. The minimum atomic E-state index is -0.433. The number of para-hydroxylation sites is 2. The van der Waals surface area contributed by atoms with Crippen LogP contribution in [-0.2, 0) is 9.59 Å². The summed E-state index contributed by atoms with van der Waals surface area (Å²) in [5.41, 5.74) is 2.37. The van der Waals surface area contributed by atoms with E-state index in [1.807, 2.05) is 36.4 Å². The van der Waals surface area contributed by atoms with Crippen LogP contribution in [0.3, 0.4) is 0 Å². The lowest BCUT2D eigenvalue weighted by Crippen LogP contribution is -2.29. The number of halogens is 1. The fourth-order valence-electron chi connectivity index (χ4n) is 4.05. The van der Waals surface area contributed by atoms with Crippen molar-refractivity contribution in [3.63, 3.8) is 0 Å².